The number of amides is 2. The fraction of sp³-hybridized carbons (Fsp3) is 0.667. The molecule has 0 aromatic rings. The number of hydrogen-bond acceptors (Lipinski definition) is 4. The molecule has 0 aromatic carbocycles. The Balaban J connectivity index is 4.07. The van der Waals surface area contributed by atoms with Gasteiger partial charge < -0.3 is 5.73 Å². The van der Waals surface area contributed by atoms with Gasteiger partial charge in [0, 0.05) is 14.2 Å². The minimum Gasteiger partial charge on any atom is -0.351 e. The summed E-state index contributed by atoms with van der Waals surface area (Å²) in [5, 5.41) is 1.81. The van der Waals surface area contributed by atoms with Gasteiger partial charge in [-0.15, -0.1) is 0 Å². The van der Waals surface area contributed by atoms with Gasteiger partial charge >= 0.3 is 13.8 Å². The second kappa shape index (κ2) is 3.55. The SMILES string of the molecule is COP(=O)(NC(N)=O)OC. The van der Waals surface area contributed by atoms with E-state index in [0.29, 0.717) is 0 Å². The fourth-order valence-corrected chi connectivity index (χ4v) is 0.902. The maximum Gasteiger partial charge on any atom is 0.435 e. The quantitative estimate of drug-likeness (QED) is 0.582. The standard InChI is InChI=1S/C3H9N2O4P/c1-8-10(7,9-2)5-3(4)6/h1-2H3,(H3,4,5,6,7). The summed E-state index contributed by atoms with van der Waals surface area (Å²) in [4.78, 5) is 10.1. The normalized spacial score (nSPS) is 11.0. The van der Waals surface area contributed by atoms with Crippen LogP contribution < -0.4 is 10.8 Å². The Morgan fingerprint density at radius 2 is 1.90 bits per heavy atom. The highest BCUT2D eigenvalue weighted by Gasteiger charge is 2.22. The van der Waals surface area contributed by atoms with Crippen LogP contribution in [0.25, 0.3) is 0 Å². The van der Waals surface area contributed by atoms with Gasteiger partial charge in [0.15, 0.2) is 0 Å². The summed E-state index contributed by atoms with van der Waals surface area (Å²) in [7, 11) is -1.18. The van der Waals surface area contributed by atoms with Crippen LogP contribution in [0.3, 0.4) is 0 Å². The minimum absolute atomic E-state index is 0.952. The van der Waals surface area contributed by atoms with Crippen molar-refractivity contribution in [1.82, 2.24) is 5.09 Å². The molecule has 0 bridgehead atoms. The van der Waals surface area contributed by atoms with Gasteiger partial charge in [-0.25, -0.2) is 14.4 Å². The summed E-state index contributed by atoms with van der Waals surface area (Å²) < 4.78 is 19.5. The van der Waals surface area contributed by atoms with Crippen molar-refractivity contribution in [3.63, 3.8) is 0 Å². The van der Waals surface area contributed by atoms with Gasteiger partial charge in [-0.05, 0) is 0 Å². The molecule has 0 aliphatic rings. The van der Waals surface area contributed by atoms with Crippen molar-refractivity contribution in [2.24, 2.45) is 5.73 Å². The molecule has 0 aliphatic heterocycles. The van der Waals surface area contributed by atoms with E-state index in [1.165, 1.54) is 0 Å². The lowest BCUT2D eigenvalue weighted by Crippen LogP contribution is -2.27. The molecule has 2 amide bonds. The summed E-state index contributed by atoms with van der Waals surface area (Å²) in [6, 6.07) is -0.952. The van der Waals surface area contributed by atoms with E-state index >= 15 is 0 Å². The van der Waals surface area contributed by atoms with E-state index in [-0.39, 0.29) is 0 Å². The third-order valence-electron chi connectivity index (χ3n) is 0.728. The number of carbonyl (C=O) groups excluding carboxylic acids is 1. The van der Waals surface area contributed by atoms with Crippen molar-refractivity contribution in [3.8, 4) is 0 Å². The van der Waals surface area contributed by atoms with Gasteiger partial charge in [0.05, 0.1) is 0 Å². The van der Waals surface area contributed by atoms with E-state index in [4.69, 9.17) is 0 Å². The second-order valence-corrected chi connectivity index (χ2v) is 3.29. The topological polar surface area (TPSA) is 90.6 Å². The number of hydrogen-bond donors (Lipinski definition) is 2. The van der Waals surface area contributed by atoms with Crippen molar-refractivity contribution < 1.29 is 18.4 Å². The zero-order valence-electron chi connectivity index (χ0n) is 5.66. The Bertz CT molecular complexity index is 162. The van der Waals surface area contributed by atoms with Gasteiger partial charge in [-0.3, -0.25) is 9.05 Å². The molecule has 3 N–H and O–H groups in total. The van der Waals surface area contributed by atoms with Crippen molar-refractivity contribution in [3.05, 3.63) is 0 Å². The Morgan fingerprint density at radius 3 is 2.00 bits per heavy atom. The van der Waals surface area contributed by atoms with E-state index < -0.39 is 13.8 Å². The average molecular weight is 168 g/mol. The Hall–Kier alpha value is -0.580. The first-order valence-corrected chi connectivity index (χ1v) is 3.87. The predicted molar refractivity (Wildman–Crippen MR) is 34.3 cm³/mol. The smallest absolute Gasteiger partial charge is 0.351 e. The first-order chi connectivity index (χ1) is 4.54. The summed E-state index contributed by atoms with van der Waals surface area (Å²) in [5.41, 5.74) is 4.65. The third-order valence-corrected chi connectivity index (χ3v) is 2.18. The molecule has 0 unspecified atom stereocenters. The summed E-state index contributed by atoms with van der Waals surface area (Å²) in [6.45, 7) is 0. The Kier molecular flexibility index (Phi) is 3.35. The number of primary amides is 1. The maximum atomic E-state index is 10.9. The van der Waals surface area contributed by atoms with Crippen LogP contribution in [0.15, 0.2) is 0 Å². The lowest BCUT2D eigenvalue weighted by molar-refractivity contribution is 0.240. The van der Waals surface area contributed by atoms with E-state index in [9.17, 15) is 9.36 Å². The number of nitrogens with one attached hydrogen (secondary N) is 1. The average Bonchev–Trinajstić information content (AvgIpc) is 1.87. The molecular formula is C3H9N2O4P. The highest BCUT2D eigenvalue weighted by molar-refractivity contribution is 7.52. The van der Waals surface area contributed by atoms with Gasteiger partial charge in [0.1, 0.15) is 0 Å². The molecular weight excluding hydrogens is 159 g/mol. The molecule has 7 heteroatoms. The summed E-state index contributed by atoms with van der Waals surface area (Å²) >= 11 is 0. The zero-order valence-corrected chi connectivity index (χ0v) is 6.55. The van der Waals surface area contributed by atoms with Crippen molar-refractivity contribution in [2.45, 2.75) is 0 Å². The summed E-state index contributed by atoms with van der Waals surface area (Å²) in [5.74, 6) is 0. The number of nitrogens with two attached hydrogens (primary N) is 1. The molecule has 0 atom stereocenters. The van der Waals surface area contributed by atoms with Crippen molar-refractivity contribution in [2.75, 3.05) is 14.2 Å². The predicted octanol–water partition coefficient (Wildman–Crippen LogP) is 0.0556. The maximum absolute atomic E-state index is 10.9. The van der Waals surface area contributed by atoms with Crippen LogP contribution in [0, 0.1) is 0 Å². The van der Waals surface area contributed by atoms with Crippen LogP contribution in [0.4, 0.5) is 4.79 Å². The van der Waals surface area contributed by atoms with E-state index in [1.807, 2.05) is 0 Å². The monoisotopic (exact) mass is 168 g/mol. The van der Waals surface area contributed by atoms with Gasteiger partial charge in [0.2, 0.25) is 0 Å². The van der Waals surface area contributed by atoms with E-state index in [2.05, 4.69) is 14.8 Å². The molecule has 0 heterocycles. The molecule has 0 fully saturated rings. The lowest BCUT2D eigenvalue weighted by Gasteiger charge is -2.11. The molecule has 10 heavy (non-hydrogen) atoms. The van der Waals surface area contributed by atoms with Gasteiger partial charge in [-0.2, -0.15) is 0 Å². The van der Waals surface area contributed by atoms with E-state index in [1.54, 1.807) is 5.09 Å². The zero-order chi connectivity index (χ0) is 8.20. The highest BCUT2D eigenvalue weighted by Crippen LogP contribution is 2.40. The second-order valence-electron chi connectivity index (χ2n) is 1.34. The number of carbonyl (C=O) groups is 1. The molecule has 0 rings (SSSR count). The summed E-state index contributed by atoms with van der Waals surface area (Å²) in [6.07, 6.45) is 0. The minimum atomic E-state index is -3.46. The number of rotatable bonds is 3. The first-order valence-electron chi connectivity index (χ1n) is 2.33. The molecule has 6 nitrogen and oxygen atoms in total. The van der Waals surface area contributed by atoms with Gasteiger partial charge in [0.25, 0.3) is 0 Å². The van der Waals surface area contributed by atoms with Crippen LogP contribution in [-0.4, -0.2) is 20.3 Å². The molecule has 0 aliphatic carbocycles. The Labute approximate surface area is 58.3 Å². The molecule has 0 aromatic heterocycles. The number of urea groups is 1. The molecule has 0 saturated carbocycles. The molecule has 0 spiro atoms. The largest absolute Gasteiger partial charge is 0.435 e. The van der Waals surface area contributed by atoms with Crippen molar-refractivity contribution in [1.29, 1.82) is 0 Å². The highest BCUT2D eigenvalue weighted by atomic mass is 31.2. The van der Waals surface area contributed by atoms with Crippen LogP contribution >= 0.6 is 7.75 Å². The van der Waals surface area contributed by atoms with E-state index in [0.717, 1.165) is 14.2 Å². The fourth-order valence-electron chi connectivity index (χ4n) is 0.301. The molecule has 0 saturated heterocycles. The van der Waals surface area contributed by atoms with Crippen LogP contribution in [0.2, 0.25) is 0 Å². The van der Waals surface area contributed by atoms with Crippen LogP contribution in [0.5, 0.6) is 0 Å². The van der Waals surface area contributed by atoms with Crippen molar-refractivity contribution >= 4 is 13.8 Å². The third kappa shape index (κ3) is 2.82. The Morgan fingerprint density at radius 1 is 1.50 bits per heavy atom. The van der Waals surface area contributed by atoms with Crippen LogP contribution in [0.1, 0.15) is 0 Å². The lowest BCUT2D eigenvalue weighted by atomic mass is 11.2. The first kappa shape index (κ1) is 9.42. The molecule has 0 radical (unpaired) electrons. The van der Waals surface area contributed by atoms with Gasteiger partial charge in [-0.1, -0.05) is 0 Å². The molecule has 60 valence electrons. The van der Waals surface area contributed by atoms with Crippen LogP contribution in [-0.2, 0) is 13.6 Å².